The van der Waals surface area contributed by atoms with E-state index in [0.717, 1.165) is 17.5 Å². The third-order valence-electron chi connectivity index (χ3n) is 3.35. The molecule has 1 rings (SSSR count). The molecule has 0 saturated heterocycles. The molecule has 0 aromatic carbocycles. The second-order valence-electron chi connectivity index (χ2n) is 4.74. The van der Waals surface area contributed by atoms with Crippen LogP contribution < -0.4 is 11.2 Å². The lowest BCUT2D eigenvalue weighted by Gasteiger charge is -2.14. The Balaban J connectivity index is 2.46. The number of hydrazone groups is 1. The summed E-state index contributed by atoms with van der Waals surface area (Å²) < 4.78 is 0. The number of carbonyl (C=O) groups is 1. The molecule has 0 spiro atoms. The highest BCUT2D eigenvalue weighted by molar-refractivity contribution is 5.86. The van der Waals surface area contributed by atoms with Gasteiger partial charge in [-0.25, -0.2) is 10.2 Å². The van der Waals surface area contributed by atoms with Crippen LogP contribution in [-0.4, -0.2) is 11.7 Å². The number of nitrogens with one attached hydrogen (secondary N) is 1. The fourth-order valence-corrected chi connectivity index (χ4v) is 2.24. The maximum atomic E-state index is 10.5. The Hall–Kier alpha value is -1.06. The second kappa shape index (κ2) is 5.14. The third-order valence-corrected chi connectivity index (χ3v) is 3.35. The Morgan fingerprint density at radius 3 is 2.60 bits per heavy atom. The van der Waals surface area contributed by atoms with Gasteiger partial charge in [0, 0.05) is 5.71 Å². The van der Waals surface area contributed by atoms with Gasteiger partial charge in [0.15, 0.2) is 0 Å². The van der Waals surface area contributed by atoms with E-state index in [1.165, 1.54) is 19.3 Å². The van der Waals surface area contributed by atoms with Crippen LogP contribution in [0.5, 0.6) is 0 Å². The first-order chi connectivity index (χ1) is 7.00. The molecule has 2 amide bonds. The van der Waals surface area contributed by atoms with Gasteiger partial charge in [-0.15, -0.1) is 0 Å². The number of hydrogen-bond donors (Lipinski definition) is 2. The number of carbonyl (C=O) groups excluding carboxylic acids is 1. The van der Waals surface area contributed by atoms with Crippen molar-refractivity contribution in [2.75, 3.05) is 0 Å². The molecule has 0 radical (unpaired) electrons. The number of nitrogens with zero attached hydrogens (tertiary/aromatic N) is 1. The topological polar surface area (TPSA) is 67.5 Å². The molecule has 1 aliphatic carbocycles. The number of urea groups is 1. The molecule has 2 atom stereocenters. The van der Waals surface area contributed by atoms with E-state index in [4.69, 9.17) is 5.73 Å². The zero-order valence-corrected chi connectivity index (χ0v) is 9.79. The van der Waals surface area contributed by atoms with Gasteiger partial charge in [0.2, 0.25) is 0 Å². The highest BCUT2D eigenvalue weighted by atomic mass is 16.2. The first-order valence-corrected chi connectivity index (χ1v) is 5.60. The Kier molecular flexibility index (Phi) is 4.12. The summed E-state index contributed by atoms with van der Waals surface area (Å²) >= 11 is 0. The molecule has 4 heteroatoms. The summed E-state index contributed by atoms with van der Waals surface area (Å²) in [6.07, 6.45) is 3.64. The van der Waals surface area contributed by atoms with Gasteiger partial charge < -0.3 is 5.73 Å². The molecule has 1 aliphatic rings. The molecule has 1 saturated carbocycles. The number of primary amides is 1. The second-order valence-corrected chi connectivity index (χ2v) is 4.74. The average Bonchev–Trinajstić information content (AvgIpc) is 2.62. The van der Waals surface area contributed by atoms with Gasteiger partial charge in [0.05, 0.1) is 0 Å². The van der Waals surface area contributed by atoms with Crippen molar-refractivity contribution < 1.29 is 4.79 Å². The highest BCUT2D eigenvalue weighted by Crippen LogP contribution is 2.36. The Bertz CT molecular complexity index is 261. The summed E-state index contributed by atoms with van der Waals surface area (Å²) in [5, 5.41) is 3.99. The SMILES string of the molecule is C/C(=N\NC(N)=O)C1CCC(C(C)C)C1. The summed E-state index contributed by atoms with van der Waals surface area (Å²) in [6, 6.07) is -0.590. The minimum atomic E-state index is -0.590. The summed E-state index contributed by atoms with van der Waals surface area (Å²) in [5.41, 5.74) is 8.25. The normalized spacial score (nSPS) is 27.1. The standard InChI is InChI=1S/C11H21N3O/c1-7(2)9-4-5-10(6-9)8(3)13-14-11(12)15/h7,9-10H,4-6H2,1-3H3,(H3,12,14,15)/b13-8+. The molecular formula is C11H21N3O. The zero-order valence-electron chi connectivity index (χ0n) is 9.79. The number of amides is 2. The van der Waals surface area contributed by atoms with E-state index < -0.39 is 6.03 Å². The van der Waals surface area contributed by atoms with E-state index in [0.29, 0.717) is 5.92 Å². The van der Waals surface area contributed by atoms with E-state index in [-0.39, 0.29) is 0 Å². The van der Waals surface area contributed by atoms with Crippen molar-refractivity contribution in [3.63, 3.8) is 0 Å². The fraction of sp³-hybridized carbons (Fsp3) is 0.818. The Morgan fingerprint density at radius 1 is 1.47 bits per heavy atom. The molecular weight excluding hydrogens is 190 g/mol. The lowest BCUT2D eigenvalue weighted by molar-refractivity contribution is 0.249. The van der Waals surface area contributed by atoms with Crippen molar-refractivity contribution >= 4 is 11.7 Å². The summed E-state index contributed by atoms with van der Waals surface area (Å²) in [7, 11) is 0. The minimum Gasteiger partial charge on any atom is -0.350 e. The Morgan fingerprint density at radius 2 is 2.13 bits per heavy atom. The van der Waals surface area contributed by atoms with Gasteiger partial charge in [-0.3, -0.25) is 0 Å². The zero-order chi connectivity index (χ0) is 11.4. The van der Waals surface area contributed by atoms with Crippen LogP contribution in [0.25, 0.3) is 0 Å². The van der Waals surface area contributed by atoms with Crippen LogP contribution in [0.15, 0.2) is 5.10 Å². The van der Waals surface area contributed by atoms with Gasteiger partial charge in [-0.2, -0.15) is 5.10 Å². The van der Waals surface area contributed by atoms with Crippen molar-refractivity contribution in [2.45, 2.75) is 40.0 Å². The lowest BCUT2D eigenvalue weighted by atomic mass is 9.92. The molecule has 86 valence electrons. The van der Waals surface area contributed by atoms with Crippen LogP contribution in [0.3, 0.4) is 0 Å². The number of nitrogens with two attached hydrogens (primary N) is 1. The minimum absolute atomic E-state index is 0.518. The number of hydrogen-bond acceptors (Lipinski definition) is 2. The van der Waals surface area contributed by atoms with E-state index in [9.17, 15) is 4.79 Å². The maximum Gasteiger partial charge on any atom is 0.332 e. The van der Waals surface area contributed by atoms with Crippen LogP contribution in [0.4, 0.5) is 4.79 Å². The monoisotopic (exact) mass is 211 g/mol. The van der Waals surface area contributed by atoms with Crippen molar-refractivity contribution in [2.24, 2.45) is 28.6 Å². The van der Waals surface area contributed by atoms with Crippen LogP contribution in [0.2, 0.25) is 0 Å². The molecule has 0 aliphatic heterocycles. The highest BCUT2D eigenvalue weighted by Gasteiger charge is 2.28. The molecule has 0 aromatic rings. The van der Waals surface area contributed by atoms with E-state index in [2.05, 4.69) is 24.4 Å². The van der Waals surface area contributed by atoms with Crippen LogP contribution in [-0.2, 0) is 0 Å². The summed E-state index contributed by atoms with van der Waals surface area (Å²) in [6.45, 7) is 6.49. The maximum absolute atomic E-state index is 10.5. The summed E-state index contributed by atoms with van der Waals surface area (Å²) in [4.78, 5) is 10.5. The van der Waals surface area contributed by atoms with E-state index >= 15 is 0 Å². The quantitative estimate of drug-likeness (QED) is 0.545. The van der Waals surface area contributed by atoms with Crippen molar-refractivity contribution in [3.8, 4) is 0 Å². The molecule has 15 heavy (non-hydrogen) atoms. The van der Waals surface area contributed by atoms with Crippen molar-refractivity contribution in [1.82, 2.24) is 5.43 Å². The van der Waals surface area contributed by atoms with Gasteiger partial charge >= 0.3 is 6.03 Å². The van der Waals surface area contributed by atoms with Crippen LogP contribution in [0, 0.1) is 17.8 Å². The molecule has 4 nitrogen and oxygen atoms in total. The molecule has 1 fully saturated rings. The molecule has 0 heterocycles. The first kappa shape index (κ1) is 12.0. The van der Waals surface area contributed by atoms with Crippen molar-refractivity contribution in [3.05, 3.63) is 0 Å². The Labute approximate surface area is 91.3 Å². The number of rotatable bonds is 3. The van der Waals surface area contributed by atoms with Crippen LogP contribution in [0.1, 0.15) is 40.0 Å². The average molecular weight is 211 g/mol. The van der Waals surface area contributed by atoms with E-state index in [1.54, 1.807) is 0 Å². The molecule has 0 bridgehead atoms. The smallest absolute Gasteiger partial charge is 0.332 e. The predicted molar refractivity (Wildman–Crippen MR) is 61.5 cm³/mol. The van der Waals surface area contributed by atoms with Gasteiger partial charge in [0.1, 0.15) is 0 Å². The van der Waals surface area contributed by atoms with Gasteiger partial charge in [-0.1, -0.05) is 13.8 Å². The lowest BCUT2D eigenvalue weighted by Crippen LogP contribution is -2.26. The predicted octanol–water partition coefficient (Wildman–Crippen LogP) is 2.10. The molecule has 3 N–H and O–H groups in total. The third kappa shape index (κ3) is 3.53. The fourth-order valence-electron chi connectivity index (χ4n) is 2.24. The largest absolute Gasteiger partial charge is 0.350 e. The molecule has 0 aromatic heterocycles. The van der Waals surface area contributed by atoms with Crippen molar-refractivity contribution in [1.29, 1.82) is 0 Å². The van der Waals surface area contributed by atoms with Crippen LogP contribution >= 0.6 is 0 Å². The van der Waals surface area contributed by atoms with E-state index in [1.807, 2.05) is 6.92 Å². The summed E-state index contributed by atoms with van der Waals surface area (Å²) in [5.74, 6) is 2.06. The molecule has 2 unspecified atom stereocenters. The first-order valence-electron chi connectivity index (χ1n) is 5.60. The van der Waals surface area contributed by atoms with Gasteiger partial charge in [-0.05, 0) is 43.9 Å². The van der Waals surface area contributed by atoms with Gasteiger partial charge in [0.25, 0.3) is 0 Å².